The van der Waals surface area contributed by atoms with E-state index in [1.165, 1.54) is 31.2 Å². The molecule has 1 aromatic heterocycles. The summed E-state index contributed by atoms with van der Waals surface area (Å²) >= 11 is 0. The van der Waals surface area contributed by atoms with Crippen LogP contribution in [0.1, 0.15) is 69.6 Å². The van der Waals surface area contributed by atoms with E-state index in [1.54, 1.807) is 26.1 Å². The fraction of sp³-hybridized carbons (Fsp3) is 0.395. The van der Waals surface area contributed by atoms with Gasteiger partial charge in [0, 0.05) is 36.3 Å². The van der Waals surface area contributed by atoms with Crippen LogP contribution in [0.2, 0.25) is 0 Å². The van der Waals surface area contributed by atoms with Gasteiger partial charge in [0.2, 0.25) is 5.88 Å². The lowest BCUT2D eigenvalue weighted by Gasteiger charge is -2.17. The Bertz CT molecular complexity index is 1410. The number of benzene rings is 2. The van der Waals surface area contributed by atoms with Crippen molar-refractivity contribution in [3.63, 3.8) is 0 Å². The van der Waals surface area contributed by atoms with E-state index in [4.69, 9.17) is 18.9 Å². The topological polar surface area (TPSA) is 84.0 Å². The second-order valence-corrected chi connectivity index (χ2v) is 11.2. The number of ether oxygens (including phenoxy) is 4. The Morgan fingerprint density at radius 2 is 1.40 bits per heavy atom. The smallest absolute Gasteiger partial charge is 0.333 e. The van der Waals surface area contributed by atoms with Gasteiger partial charge in [-0.2, -0.15) is 0 Å². The molecule has 0 N–H and O–H groups in total. The summed E-state index contributed by atoms with van der Waals surface area (Å²) in [6, 6.07) is 18.1. The van der Waals surface area contributed by atoms with Crippen LogP contribution >= 0.6 is 0 Å². The molecule has 0 saturated carbocycles. The van der Waals surface area contributed by atoms with Crippen molar-refractivity contribution in [3.8, 4) is 22.8 Å². The Morgan fingerprint density at radius 3 is 2.07 bits per heavy atom. The van der Waals surface area contributed by atoms with Crippen LogP contribution in [0.4, 0.5) is 0 Å². The number of pyridine rings is 1. The van der Waals surface area contributed by atoms with Gasteiger partial charge >= 0.3 is 11.9 Å². The first kappa shape index (κ1) is 35.1. The minimum absolute atomic E-state index is 0.191. The number of hydrogen-bond donors (Lipinski definition) is 0. The summed E-state index contributed by atoms with van der Waals surface area (Å²) in [7, 11) is 0. The Balaban J connectivity index is 1.82. The third-order valence-electron chi connectivity index (χ3n) is 7.24. The lowest BCUT2D eigenvalue weighted by molar-refractivity contribution is -0.139. The van der Waals surface area contributed by atoms with Gasteiger partial charge in [0.05, 0.1) is 13.2 Å². The molecule has 0 saturated heterocycles. The van der Waals surface area contributed by atoms with E-state index >= 15 is 0 Å². The number of aryl methyl sites for hydroxylation is 1. The zero-order valence-corrected chi connectivity index (χ0v) is 27.1. The minimum Gasteiger partial charge on any atom is -0.490 e. The van der Waals surface area contributed by atoms with E-state index in [1.807, 2.05) is 24.3 Å². The van der Waals surface area contributed by atoms with Crippen LogP contribution in [0.25, 0.3) is 11.1 Å². The van der Waals surface area contributed by atoms with Gasteiger partial charge in [-0.25, -0.2) is 14.6 Å². The number of esters is 2. The number of hydrogen-bond acceptors (Lipinski definition) is 7. The highest BCUT2D eigenvalue weighted by atomic mass is 16.5. The molecule has 45 heavy (non-hydrogen) atoms. The maximum absolute atomic E-state index is 12.1. The lowest BCUT2D eigenvalue weighted by atomic mass is 9.92. The average Bonchev–Trinajstić information content (AvgIpc) is 3.04. The van der Waals surface area contributed by atoms with Gasteiger partial charge in [0.1, 0.15) is 19.0 Å². The van der Waals surface area contributed by atoms with Crippen molar-refractivity contribution in [2.24, 2.45) is 0 Å². The van der Waals surface area contributed by atoms with Gasteiger partial charge in [-0.05, 0) is 72.7 Å². The maximum atomic E-state index is 12.1. The van der Waals surface area contributed by atoms with Gasteiger partial charge < -0.3 is 18.9 Å². The van der Waals surface area contributed by atoms with Crippen molar-refractivity contribution in [2.75, 3.05) is 26.4 Å². The van der Waals surface area contributed by atoms with E-state index in [-0.39, 0.29) is 19.2 Å². The summed E-state index contributed by atoms with van der Waals surface area (Å²) in [5.41, 5.74) is 6.08. The highest BCUT2D eigenvalue weighted by Crippen LogP contribution is 2.31. The van der Waals surface area contributed by atoms with Gasteiger partial charge in [0.25, 0.3) is 0 Å². The van der Waals surface area contributed by atoms with Crippen LogP contribution < -0.4 is 9.47 Å². The molecule has 0 aliphatic heterocycles. The van der Waals surface area contributed by atoms with E-state index in [0.717, 1.165) is 35.1 Å². The number of carbonyl (C=O) groups is 2. The van der Waals surface area contributed by atoms with Crippen LogP contribution in [-0.2, 0) is 38.3 Å². The number of unbranched alkanes of at least 4 members (excludes halogenated alkanes) is 4. The number of carbonyl (C=O) groups excluding carboxylic acids is 2. The van der Waals surface area contributed by atoms with E-state index in [9.17, 15) is 9.59 Å². The molecular formula is C38H47NO6. The normalized spacial score (nSPS) is 10.6. The first-order chi connectivity index (χ1) is 21.8. The Kier molecular flexibility index (Phi) is 14.9. The molecule has 0 unspecified atom stereocenters. The molecule has 0 radical (unpaired) electrons. The molecule has 0 aliphatic rings. The Hall–Kier alpha value is -4.39. The lowest BCUT2D eigenvalue weighted by Crippen LogP contribution is -2.12. The van der Waals surface area contributed by atoms with E-state index in [2.05, 4.69) is 49.3 Å². The molecular weight excluding hydrogens is 566 g/mol. The van der Waals surface area contributed by atoms with Crippen LogP contribution in [0.3, 0.4) is 0 Å². The predicted molar refractivity (Wildman–Crippen MR) is 179 cm³/mol. The molecule has 7 heteroatoms. The predicted octanol–water partition coefficient (Wildman–Crippen LogP) is 8.04. The third-order valence-corrected chi connectivity index (χ3v) is 7.24. The van der Waals surface area contributed by atoms with Crippen molar-refractivity contribution in [1.29, 1.82) is 0 Å². The maximum Gasteiger partial charge on any atom is 0.333 e. The third kappa shape index (κ3) is 12.3. The monoisotopic (exact) mass is 613 g/mol. The summed E-state index contributed by atoms with van der Waals surface area (Å²) in [5, 5.41) is 0. The number of aromatic nitrogens is 1. The summed E-state index contributed by atoms with van der Waals surface area (Å²) < 4.78 is 22.7. The van der Waals surface area contributed by atoms with Gasteiger partial charge in [-0.3, -0.25) is 0 Å². The van der Waals surface area contributed by atoms with Crippen molar-refractivity contribution in [3.05, 3.63) is 102 Å². The molecule has 240 valence electrons. The number of nitrogens with zero attached hydrogens (tertiary/aromatic N) is 1. The van der Waals surface area contributed by atoms with E-state index < -0.39 is 5.97 Å². The van der Waals surface area contributed by atoms with Crippen LogP contribution in [0.5, 0.6) is 11.6 Å². The quantitative estimate of drug-likeness (QED) is 0.0724. The van der Waals surface area contributed by atoms with Crippen molar-refractivity contribution < 1.29 is 28.5 Å². The van der Waals surface area contributed by atoms with Crippen LogP contribution in [0, 0.1) is 0 Å². The summed E-state index contributed by atoms with van der Waals surface area (Å²) in [6.07, 6.45) is 9.84. The molecule has 0 amide bonds. The average molecular weight is 614 g/mol. The largest absolute Gasteiger partial charge is 0.490 e. The summed E-state index contributed by atoms with van der Waals surface area (Å²) in [4.78, 5) is 28.3. The summed E-state index contributed by atoms with van der Waals surface area (Å²) in [5.74, 6) is 0.419. The van der Waals surface area contributed by atoms with Crippen molar-refractivity contribution in [2.45, 2.75) is 72.1 Å². The Morgan fingerprint density at radius 1 is 0.711 bits per heavy atom. The highest BCUT2D eigenvalue weighted by molar-refractivity contribution is 5.87. The van der Waals surface area contributed by atoms with Gasteiger partial charge in [-0.15, -0.1) is 0 Å². The van der Waals surface area contributed by atoms with E-state index in [0.29, 0.717) is 48.8 Å². The molecule has 0 aliphatic carbocycles. The molecule has 3 rings (SSSR count). The zero-order chi connectivity index (χ0) is 32.4. The second kappa shape index (κ2) is 19.1. The van der Waals surface area contributed by atoms with Crippen LogP contribution in [0.15, 0.2) is 85.1 Å². The van der Waals surface area contributed by atoms with Gasteiger partial charge in [-0.1, -0.05) is 76.1 Å². The molecule has 1 heterocycles. The fourth-order valence-corrected chi connectivity index (χ4v) is 4.79. The molecule has 0 bridgehead atoms. The number of rotatable bonds is 20. The summed E-state index contributed by atoms with van der Waals surface area (Å²) in [6.45, 7) is 14.0. The second-order valence-electron chi connectivity index (χ2n) is 11.2. The zero-order valence-electron chi connectivity index (χ0n) is 27.1. The molecule has 2 aromatic carbocycles. The van der Waals surface area contributed by atoms with Crippen LogP contribution in [-0.4, -0.2) is 43.4 Å². The molecule has 3 aromatic rings. The Labute approximate surface area is 268 Å². The minimum atomic E-state index is -0.422. The first-order valence-electron chi connectivity index (χ1n) is 15.9. The standard InChI is InChI=1S/C38H47NO6/c1-6-7-8-9-10-13-30-15-17-34(32(26-30)19-22-44-37(40)28(2)3)31-16-18-35(33(27-31)20-23-45-38(41)29(4)5)42-24-25-43-36-14-11-12-21-39-36/h11-12,14-18,21,26-27H,2,4,6-10,13,19-20,22-25H2,1,3,5H3. The molecule has 7 nitrogen and oxygen atoms in total. The first-order valence-corrected chi connectivity index (χ1v) is 15.9. The van der Waals surface area contributed by atoms with Gasteiger partial charge in [0.15, 0.2) is 0 Å². The van der Waals surface area contributed by atoms with Crippen molar-refractivity contribution in [1.82, 2.24) is 4.98 Å². The highest BCUT2D eigenvalue weighted by Gasteiger charge is 2.14. The molecule has 0 fully saturated rings. The molecule has 0 atom stereocenters. The molecule has 0 spiro atoms. The fourth-order valence-electron chi connectivity index (χ4n) is 4.79. The van der Waals surface area contributed by atoms with Crippen molar-refractivity contribution >= 4 is 11.9 Å². The SMILES string of the molecule is C=C(C)C(=O)OCCc1cc(-c2ccc(CCCCCCC)cc2CCOC(=O)C(=C)C)ccc1OCCOc1ccccn1.